The van der Waals surface area contributed by atoms with Gasteiger partial charge in [-0.3, -0.25) is 0 Å². The van der Waals surface area contributed by atoms with E-state index < -0.39 is 0 Å². The quantitative estimate of drug-likeness (QED) is 0.455. The summed E-state index contributed by atoms with van der Waals surface area (Å²) >= 11 is 0. The second kappa shape index (κ2) is 7.01. The lowest BCUT2D eigenvalue weighted by atomic mass is 9.99. The van der Waals surface area contributed by atoms with Gasteiger partial charge < -0.3 is 21.0 Å². The molecule has 5 heteroatoms. The normalized spacial score (nSPS) is 15.4. The van der Waals surface area contributed by atoms with Gasteiger partial charge in [-0.15, -0.1) is 0 Å². The van der Waals surface area contributed by atoms with Crippen LogP contribution in [-0.4, -0.2) is 20.1 Å². The molecule has 0 unspecified atom stereocenters. The van der Waals surface area contributed by atoms with E-state index in [0.29, 0.717) is 5.69 Å². The molecule has 5 nitrogen and oxygen atoms in total. The van der Waals surface area contributed by atoms with Crippen LogP contribution < -0.4 is 26.8 Å². The van der Waals surface area contributed by atoms with Crippen LogP contribution in [0.4, 0.5) is 28.4 Å². The molecule has 1 saturated heterocycles. The third-order valence-corrected chi connectivity index (χ3v) is 4.72. The molecule has 0 saturated carbocycles. The molecule has 0 amide bonds. The molecule has 128 valence electrons. The summed E-state index contributed by atoms with van der Waals surface area (Å²) < 4.78 is 0. The lowest BCUT2D eigenvalue weighted by Gasteiger charge is -2.32. The van der Waals surface area contributed by atoms with Crippen LogP contribution >= 0.6 is 0 Å². The van der Waals surface area contributed by atoms with E-state index in [1.54, 1.807) is 7.05 Å². The Kier molecular flexibility index (Phi) is 4.81. The minimum Gasteiger partial charge on any atom is -0.397 e. The molecule has 0 aromatic heterocycles. The first-order chi connectivity index (χ1) is 11.5. The first-order valence-electron chi connectivity index (χ1n) is 8.53. The van der Waals surface area contributed by atoms with E-state index >= 15 is 0 Å². The second-order valence-electron chi connectivity index (χ2n) is 6.73. The van der Waals surface area contributed by atoms with Crippen molar-refractivity contribution in [1.29, 1.82) is 0 Å². The maximum absolute atomic E-state index is 5.94. The molecule has 1 heterocycles. The van der Waals surface area contributed by atoms with Gasteiger partial charge in [0, 0.05) is 37.2 Å². The van der Waals surface area contributed by atoms with Gasteiger partial charge >= 0.3 is 0 Å². The molecule has 5 N–H and O–H groups in total. The zero-order valence-corrected chi connectivity index (χ0v) is 14.5. The number of hydrazine groups is 1. The van der Waals surface area contributed by atoms with Gasteiger partial charge in [-0.05, 0) is 61.2 Å². The van der Waals surface area contributed by atoms with Crippen molar-refractivity contribution in [2.24, 2.45) is 11.8 Å². The van der Waals surface area contributed by atoms with Crippen LogP contribution in [0, 0.1) is 5.92 Å². The summed E-state index contributed by atoms with van der Waals surface area (Å²) in [4.78, 5) is 2.47. The average Bonchev–Trinajstić information content (AvgIpc) is 2.58. The van der Waals surface area contributed by atoms with Crippen LogP contribution in [0.3, 0.4) is 0 Å². The zero-order chi connectivity index (χ0) is 17.1. The van der Waals surface area contributed by atoms with Gasteiger partial charge in [0.1, 0.15) is 0 Å². The third kappa shape index (κ3) is 3.74. The number of hydrogen-bond acceptors (Lipinski definition) is 5. The molecule has 1 aliphatic rings. The highest BCUT2D eigenvalue weighted by Crippen LogP contribution is 2.28. The van der Waals surface area contributed by atoms with E-state index in [1.165, 1.54) is 23.5 Å². The lowest BCUT2D eigenvalue weighted by molar-refractivity contribution is 0.438. The third-order valence-electron chi connectivity index (χ3n) is 4.72. The van der Waals surface area contributed by atoms with E-state index in [-0.39, 0.29) is 0 Å². The topological polar surface area (TPSA) is 70.5 Å². The minimum absolute atomic E-state index is 0.667. The van der Waals surface area contributed by atoms with Gasteiger partial charge in [-0.25, -0.2) is 5.84 Å². The number of nitrogens with two attached hydrogens (primary N) is 2. The number of nitrogens with one attached hydrogen (secondary N) is 1. The zero-order valence-electron chi connectivity index (χ0n) is 14.5. The first-order valence-corrected chi connectivity index (χ1v) is 8.53. The number of benzene rings is 2. The van der Waals surface area contributed by atoms with Gasteiger partial charge in [0.05, 0.1) is 11.4 Å². The number of nitrogen functional groups attached to an aromatic ring is 1. The fraction of sp³-hybridized carbons (Fsp3) is 0.368. The predicted molar refractivity (Wildman–Crippen MR) is 104 cm³/mol. The second-order valence-corrected chi connectivity index (χ2v) is 6.73. The lowest BCUT2D eigenvalue weighted by Crippen LogP contribution is -2.32. The Labute approximate surface area is 144 Å². The highest BCUT2D eigenvalue weighted by atomic mass is 15.4. The van der Waals surface area contributed by atoms with Crippen LogP contribution in [0.25, 0.3) is 0 Å². The molecule has 0 aliphatic carbocycles. The van der Waals surface area contributed by atoms with Crippen LogP contribution in [0.2, 0.25) is 0 Å². The Hall–Kier alpha value is -2.40. The molecule has 3 rings (SSSR count). The Balaban J connectivity index is 1.69. The maximum atomic E-state index is 5.94. The van der Waals surface area contributed by atoms with E-state index in [4.69, 9.17) is 11.6 Å². The monoisotopic (exact) mass is 325 g/mol. The fourth-order valence-corrected chi connectivity index (χ4v) is 3.12. The van der Waals surface area contributed by atoms with Crippen molar-refractivity contribution in [3.63, 3.8) is 0 Å². The van der Waals surface area contributed by atoms with Crippen LogP contribution in [0.1, 0.15) is 19.8 Å². The van der Waals surface area contributed by atoms with Crippen LogP contribution in [-0.2, 0) is 0 Å². The molecule has 2 aromatic carbocycles. The van der Waals surface area contributed by atoms with Gasteiger partial charge in [0.2, 0.25) is 0 Å². The standard InChI is InChI=1S/C19H27N5/c1-14-9-11-24(12-10-14)17-6-3-15(4-7-17)22-16-5-8-18(20)19(13-16)23(2)21/h3-8,13-14,22H,9-12,20-21H2,1-2H3. The summed E-state index contributed by atoms with van der Waals surface area (Å²) in [7, 11) is 1.78. The number of anilines is 5. The predicted octanol–water partition coefficient (Wildman–Crippen LogP) is 3.56. The molecule has 1 aliphatic heterocycles. The Morgan fingerprint density at radius 1 is 1.04 bits per heavy atom. The molecule has 0 radical (unpaired) electrons. The maximum Gasteiger partial charge on any atom is 0.0764 e. The smallest absolute Gasteiger partial charge is 0.0764 e. The summed E-state index contributed by atoms with van der Waals surface area (Å²) in [6.45, 7) is 4.64. The van der Waals surface area contributed by atoms with Crippen LogP contribution in [0.15, 0.2) is 42.5 Å². The van der Waals surface area contributed by atoms with Crippen molar-refractivity contribution >= 4 is 28.4 Å². The molecular formula is C19H27N5. The highest BCUT2D eigenvalue weighted by Gasteiger charge is 2.15. The number of piperidine rings is 1. The van der Waals surface area contributed by atoms with Gasteiger partial charge in [-0.2, -0.15) is 0 Å². The largest absolute Gasteiger partial charge is 0.397 e. The van der Waals surface area contributed by atoms with Crippen molar-refractivity contribution in [3.05, 3.63) is 42.5 Å². The van der Waals surface area contributed by atoms with Gasteiger partial charge in [0.25, 0.3) is 0 Å². The summed E-state index contributed by atoms with van der Waals surface area (Å²) in [5.41, 5.74) is 10.7. The molecular weight excluding hydrogens is 298 g/mol. The number of nitrogens with zero attached hydrogens (tertiary/aromatic N) is 2. The van der Waals surface area contributed by atoms with Crippen molar-refractivity contribution in [2.75, 3.05) is 41.1 Å². The van der Waals surface area contributed by atoms with Gasteiger partial charge in [0.15, 0.2) is 0 Å². The van der Waals surface area contributed by atoms with E-state index in [0.717, 1.165) is 36.1 Å². The Morgan fingerprint density at radius 3 is 2.29 bits per heavy atom. The summed E-state index contributed by atoms with van der Waals surface area (Å²) in [5, 5.41) is 4.94. The van der Waals surface area contributed by atoms with E-state index in [9.17, 15) is 0 Å². The highest BCUT2D eigenvalue weighted by molar-refractivity contribution is 5.74. The summed E-state index contributed by atoms with van der Waals surface area (Å²) in [6.07, 6.45) is 2.56. The molecule has 24 heavy (non-hydrogen) atoms. The van der Waals surface area contributed by atoms with Crippen LogP contribution in [0.5, 0.6) is 0 Å². The van der Waals surface area contributed by atoms with Gasteiger partial charge in [-0.1, -0.05) is 6.92 Å². The van der Waals surface area contributed by atoms with E-state index in [1.807, 2.05) is 18.2 Å². The summed E-state index contributed by atoms with van der Waals surface area (Å²) in [6, 6.07) is 14.4. The minimum atomic E-state index is 0.667. The fourth-order valence-electron chi connectivity index (χ4n) is 3.12. The Morgan fingerprint density at radius 2 is 1.67 bits per heavy atom. The number of hydrogen-bond donors (Lipinski definition) is 3. The summed E-state index contributed by atoms with van der Waals surface area (Å²) in [5.74, 6) is 6.66. The Bertz CT molecular complexity index is 673. The first kappa shape index (κ1) is 16.5. The van der Waals surface area contributed by atoms with Crippen molar-refractivity contribution in [1.82, 2.24) is 0 Å². The number of rotatable bonds is 4. The molecule has 1 fully saturated rings. The average molecular weight is 325 g/mol. The molecule has 0 atom stereocenters. The van der Waals surface area contributed by atoms with Crippen molar-refractivity contribution in [2.45, 2.75) is 19.8 Å². The molecule has 2 aromatic rings. The van der Waals surface area contributed by atoms with Crippen molar-refractivity contribution in [3.8, 4) is 0 Å². The SMILES string of the molecule is CC1CCN(c2ccc(Nc3ccc(N)c(N(C)N)c3)cc2)CC1. The molecule has 0 bridgehead atoms. The van der Waals surface area contributed by atoms with E-state index in [2.05, 4.69) is 41.4 Å². The molecule has 0 spiro atoms. The van der Waals surface area contributed by atoms with Crippen molar-refractivity contribution < 1.29 is 0 Å².